The van der Waals surface area contributed by atoms with Crippen molar-refractivity contribution in [2.75, 3.05) is 51.2 Å². The molecule has 2 N–H and O–H groups in total. The van der Waals surface area contributed by atoms with Crippen molar-refractivity contribution in [2.24, 2.45) is 0 Å². The minimum atomic E-state index is -0.0991. The Labute approximate surface area is 205 Å². The first-order valence-electron chi connectivity index (χ1n) is 12.4. The number of anilines is 1. The number of nitrogens with zero attached hydrogens (tertiary/aromatic N) is 5. The minimum Gasteiger partial charge on any atom is -0.368 e. The lowest BCUT2D eigenvalue weighted by Crippen LogP contribution is -2.46. The quantitative estimate of drug-likeness (QED) is 0.559. The molecule has 9 nitrogen and oxygen atoms in total. The van der Waals surface area contributed by atoms with Crippen LogP contribution in [-0.4, -0.2) is 83.0 Å². The molecule has 2 aliphatic heterocycles. The van der Waals surface area contributed by atoms with Crippen LogP contribution in [0.25, 0.3) is 11.0 Å². The second kappa shape index (κ2) is 10.1. The van der Waals surface area contributed by atoms with Gasteiger partial charge >= 0.3 is 0 Å². The molecule has 9 heteroatoms. The van der Waals surface area contributed by atoms with Crippen LogP contribution >= 0.6 is 0 Å². The monoisotopic (exact) mass is 475 g/mol. The third-order valence-corrected chi connectivity index (χ3v) is 7.06. The fraction of sp³-hybridized carbons (Fsp3) is 0.462. The topological polar surface area (TPSA) is 97.5 Å². The van der Waals surface area contributed by atoms with Crippen LogP contribution in [0.1, 0.15) is 35.0 Å². The maximum Gasteiger partial charge on any atom is 0.270 e. The number of fused-ring (bicyclic) bond motifs is 1. The molecule has 0 saturated carbocycles. The second-order valence-corrected chi connectivity index (χ2v) is 9.64. The fourth-order valence-corrected chi connectivity index (χ4v) is 4.96. The standard InChI is InChI=1S/C26H33N7O2/c1-3-19-13-23-24(30-25(19)34)12-18(14-27-23)16-32-8-10-33(11-9-32)21-4-5-22(28-15-21)26(35)29-20-6-7-31(2)17-20/h4-5,12-15,20H,3,6-11,16-17H2,1-2H3,(H,29,35)(H,30,34)/t20-/m1/s1. The van der Waals surface area contributed by atoms with E-state index in [4.69, 9.17) is 0 Å². The van der Waals surface area contributed by atoms with Crippen molar-refractivity contribution in [3.05, 3.63) is 63.8 Å². The van der Waals surface area contributed by atoms with Gasteiger partial charge in [-0.2, -0.15) is 0 Å². The van der Waals surface area contributed by atoms with Gasteiger partial charge in [0.05, 0.1) is 22.9 Å². The Morgan fingerprint density at radius 3 is 2.63 bits per heavy atom. The Balaban J connectivity index is 1.15. The number of hydrogen-bond acceptors (Lipinski definition) is 7. The van der Waals surface area contributed by atoms with E-state index >= 15 is 0 Å². The van der Waals surface area contributed by atoms with Gasteiger partial charge in [0.2, 0.25) is 0 Å². The highest BCUT2D eigenvalue weighted by Crippen LogP contribution is 2.18. The fourth-order valence-electron chi connectivity index (χ4n) is 4.96. The van der Waals surface area contributed by atoms with Crippen LogP contribution in [0, 0.1) is 0 Å². The predicted octanol–water partition coefficient (Wildman–Crippen LogP) is 1.64. The van der Waals surface area contributed by atoms with E-state index in [-0.39, 0.29) is 17.5 Å². The molecule has 1 amide bonds. The Bertz CT molecular complexity index is 1250. The molecule has 184 valence electrons. The summed E-state index contributed by atoms with van der Waals surface area (Å²) in [5, 5.41) is 3.09. The smallest absolute Gasteiger partial charge is 0.270 e. The van der Waals surface area contributed by atoms with Gasteiger partial charge in [0.15, 0.2) is 0 Å². The van der Waals surface area contributed by atoms with Gasteiger partial charge in [0.1, 0.15) is 5.69 Å². The van der Waals surface area contributed by atoms with Gasteiger partial charge < -0.3 is 20.1 Å². The van der Waals surface area contributed by atoms with Crippen LogP contribution in [0.4, 0.5) is 5.69 Å². The molecule has 2 fully saturated rings. The number of piperazine rings is 1. The lowest BCUT2D eigenvalue weighted by Gasteiger charge is -2.36. The molecule has 1 atom stereocenters. The average Bonchev–Trinajstić information content (AvgIpc) is 3.28. The number of nitrogens with one attached hydrogen (secondary N) is 2. The summed E-state index contributed by atoms with van der Waals surface area (Å²) >= 11 is 0. The number of pyridine rings is 3. The number of likely N-dealkylation sites (tertiary alicyclic amines) is 1. The molecular formula is C26H33N7O2. The van der Waals surface area contributed by atoms with Crippen LogP contribution in [0.5, 0.6) is 0 Å². The van der Waals surface area contributed by atoms with Crippen LogP contribution in [0.3, 0.4) is 0 Å². The number of H-pyrrole nitrogens is 1. The first-order chi connectivity index (χ1) is 17.0. The van der Waals surface area contributed by atoms with Crippen molar-refractivity contribution >= 4 is 22.6 Å². The predicted molar refractivity (Wildman–Crippen MR) is 137 cm³/mol. The van der Waals surface area contributed by atoms with Crippen molar-refractivity contribution in [1.29, 1.82) is 0 Å². The van der Waals surface area contributed by atoms with Crippen LogP contribution < -0.4 is 15.8 Å². The largest absolute Gasteiger partial charge is 0.368 e. The zero-order valence-electron chi connectivity index (χ0n) is 20.5. The van der Waals surface area contributed by atoms with Gasteiger partial charge in [0, 0.05) is 57.1 Å². The van der Waals surface area contributed by atoms with Gasteiger partial charge in [-0.3, -0.25) is 19.5 Å². The Kier molecular flexibility index (Phi) is 6.79. The highest BCUT2D eigenvalue weighted by Gasteiger charge is 2.23. The summed E-state index contributed by atoms with van der Waals surface area (Å²) in [5.74, 6) is -0.0991. The molecule has 5 heterocycles. The number of amides is 1. The molecule has 0 unspecified atom stereocenters. The second-order valence-electron chi connectivity index (χ2n) is 9.64. The molecule has 0 aliphatic carbocycles. The summed E-state index contributed by atoms with van der Waals surface area (Å²) in [6.45, 7) is 8.28. The van der Waals surface area contributed by atoms with Crippen molar-refractivity contribution < 1.29 is 4.79 Å². The first kappa shape index (κ1) is 23.4. The van der Waals surface area contributed by atoms with Crippen molar-refractivity contribution in [1.82, 2.24) is 30.1 Å². The molecule has 0 aromatic carbocycles. The third-order valence-electron chi connectivity index (χ3n) is 7.06. The van der Waals surface area contributed by atoms with E-state index in [1.54, 1.807) is 6.20 Å². The number of likely N-dealkylation sites (N-methyl/N-ethyl adjacent to an activating group) is 1. The molecule has 0 spiro atoms. The molecule has 0 bridgehead atoms. The maximum absolute atomic E-state index is 12.5. The summed E-state index contributed by atoms with van der Waals surface area (Å²) in [6, 6.07) is 7.93. The number of aromatic amines is 1. The lowest BCUT2D eigenvalue weighted by atomic mass is 10.1. The number of carbonyl (C=O) groups is 1. The van der Waals surface area contributed by atoms with E-state index in [0.29, 0.717) is 12.1 Å². The first-order valence-corrected chi connectivity index (χ1v) is 12.4. The number of carbonyl (C=O) groups excluding carboxylic acids is 1. The van der Waals surface area contributed by atoms with E-state index in [1.165, 1.54) is 0 Å². The van der Waals surface area contributed by atoms with E-state index in [9.17, 15) is 9.59 Å². The van der Waals surface area contributed by atoms with Crippen molar-refractivity contribution in [3.8, 4) is 0 Å². The zero-order valence-corrected chi connectivity index (χ0v) is 20.5. The van der Waals surface area contributed by atoms with Gasteiger partial charge in [-0.05, 0) is 56.3 Å². The number of hydrogen-bond donors (Lipinski definition) is 2. The SMILES string of the molecule is CCc1cc2ncc(CN3CCN(c4ccc(C(=O)N[C@@H]5CCN(C)C5)nc4)CC3)cc2[nH]c1=O. The van der Waals surface area contributed by atoms with Gasteiger partial charge in [-0.25, -0.2) is 4.98 Å². The number of rotatable bonds is 6. The Hall–Kier alpha value is -3.30. The Morgan fingerprint density at radius 2 is 1.94 bits per heavy atom. The number of aromatic nitrogens is 3. The van der Waals surface area contributed by atoms with E-state index < -0.39 is 0 Å². The molecule has 2 aliphatic rings. The highest BCUT2D eigenvalue weighted by molar-refractivity contribution is 5.92. The molecule has 3 aromatic rings. The summed E-state index contributed by atoms with van der Waals surface area (Å²) in [5.41, 5.74) is 4.95. The zero-order chi connectivity index (χ0) is 24.4. The van der Waals surface area contributed by atoms with Gasteiger partial charge in [-0.15, -0.1) is 0 Å². The van der Waals surface area contributed by atoms with Crippen LogP contribution in [0.2, 0.25) is 0 Å². The van der Waals surface area contributed by atoms with Gasteiger partial charge in [-0.1, -0.05) is 6.92 Å². The average molecular weight is 476 g/mol. The third kappa shape index (κ3) is 5.36. The number of aryl methyl sites for hydroxylation is 1. The minimum absolute atomic E-state index is 0.0317. The molecule has 3 aromatic heterocycles. The van der Waals surface area contributed by atoms with Crippen LogP contribution in [-0.2, 0) is 13.0 Å². The van der Waals surface area contributed by atoms with E-state index in [1.807, 2.05) is 37.4 Å². The lowest BCUT2D eigenvalue weighted by molar-refractivity contribution is 0.0933. The Morgan fingerprint density at radius 1 is 1.11 bits per heavy atom. The summed E-state index contributed by atoms with van der Waals surface area (Å²) < 4.78 is 0. The van der Waals surface area contributed by atoms with Gasteiger partial charge in [0.25, 0.3) is 11.5 Å². The highest BCUT2D eigenvalue weighted by atomic mass is 16.2. The van der Waals surface area contributed by atoms with E-state index in [0.717, 1.165) is 80.1 Å². The molecule has 35 heavy (non-hydrogen) atoms. The summed E-state index contributed by atoms with van der Waals surface area (Å²) in [7, 11) is 2.07. The van der Waals surface area contributed by atoms with Crippen LogP contribution in [0.15, 0.2) is 41.5 Å². The summed E-state index contributed by atoms with van der Waals surface area (Å²) in [6.07, 6.45) is 5.39. The molecule has 2 saturated heterocycles. The van der Waals surface area contributed by atoms with Crippen molar-refractivity contribution in [2.45, 2.75) is 32.4 Å². The van der Waals surface area contributed by atoms with Crippen molar-refractivity contribution in [3.63, 3.8) is 0 Å². The summed E-state index contributed by atoms with van der Waals surface area (Å²) in [4.78, 5) is 43.6. The van der Waals surface area contributed by atoms with E-state index in [2.05, 4.69) is 42.0 Å². The maximum atomic E-state index is 12.5. The molecule has 0 radical (unpaired) electrons. The molecule has 5 rings (SSSR count). The molecular weight excluding hydrogens is 442 g/mol. The normalized spacial score (nSPS) is 19.4.